The fourth-order valence-corrected chi connectivity index (χ4v) is 0.282. The molecule has 0 aromatic heterocycles. The molecule has 0 amide bonds. The monoisotopic (exact) mass is 139 g/mol. The average molecular weight is 139 g/mol. The van der Waals surface area contributed by atoms with Gasteiger partial charge in [0.25, 0.3) is 0 Å². The Morgan fingerprint density at radius 2 is 1.90 bits per heavy atom. The molecule has 0 aromatic carbocycles. The van der Waals surface area contributed by atoms with Crippen LogP contribution in [0, 0.1) is 11.3 Å². The summed E-state index contributed by atoms with van der Waals surface area (Å²) in [6.07, 6.45) is 0. The maximum Gasteiger partial charge on any atom is 0.161 e. The summed E-state index contributed by atoms with van der Waals surface area (Å²) in [7, 11) is 0. The average Bonchev–Trinajstić information content (AvgIpc) is 1.85. The summed E-state index contributed by atoms with van der Waals surface area (Å²) >= 11 is 0. The maximum absolute atomic E-state index is 8.50. The third kappa shape index (κ3) is 4.02. The first-order valence-corrected chi connectivity index (χ1v) is 3.31. The maximum atomic E-state index is 8.50. The minimum absolute atomic E-state index is 0.174. The lowest BCUT2D eigenvalue weighted by molar-refractivity contribution is 0.589. The van der Waals surface area contributed by atoms with Gasteiger partial charge in [0.1, 0.15) is 0 Å². The lowest BCUT2D eigenvalue weighted by Crippen LogP contribution is -2.12. The number of rotatable bonds is 2. The van der Waals surface area contributed by atoms with Gasteiger partial charge in [0.05, 0.1) is 12.1 Å². The van der Waals surface area contributed by atoms with E-state index < -0.39 is 5.54 Å². The van der Waals surface area contributed by atoms with Crippen LogP contribution in [0.5, 0.6) is 0 Å². The first-order valence-electron chi connectivity index (χ1n) is 3.31. The molecule has 0 radical (unpaired) electrons. The lowest BCUT2D eigenvalue weighted by Gasteiger charge is -2.06. The zero-order valence-corrected chi connectivity index (χ0v) is 6.92. The van der Waals surface area contributed by atoms with E-state index in [0.29, 0.717) is 0 Å². The highest BCUT2D eigenvalue weighted by molar-refractivity contribution is 4.99. The Kier molecular flexibility index (Phi) is 3.01. The standard InChI is InChI=1S/C7H13N3/c1-6(2)9-10-7(3,4)5-8/h6H,1-4H3. The molecule has 0 rings (SSSR count). The first kappa shape index (κ1) is 9.09. The predicted octanol–water partition coefficient (Wildman–Crippen LogP) is 2.15. The third-order valence-electron chi connectivity index (χ3n) is 0.812. The number of hydrogen-bond donors (Lipinski definition) is 0. The highest BCUT2D eigenvalue weighted by Gasteiger charge is 2.13. The van der Waals surface area contributed by atoms with Crippen LogP contribution in [0.1, 0.15) is 27.7 Å². The third-order valence-corrected chi connectivity index (χ3v) is 0.812. The van der Waals surface area contributed by atoms with Crippen molar-refractivity contribution >= 4 is 0 Å². The summed E-state index contributed by atoms with van der Waals surface area (Å²) < 4.78 is 0. The van der Waals surface area contributed by atoms with Gasteiger partial charge < -0.3 is 0 Å². The van der Waals surface area contributed by atoms with Crippen LogP contribution in [0.4, 0.5) is 0 Å². The van der Waals surface area contributed by atoms with Gasteiger partial charge in [-0.15, -0.1) is 0 Å². The van der Waals surface area contributed by atoms with Gasteiger partial charge in [0, 0.05) is 0 Å². The zero-order valence-electron chi connectivity index (χ0n) is 6.92. The topological polar surface area (TPSA) is 48.5 Å². The summed E-state index contributed by atoms with van der Waals surface area (Å²) in [6, 6.07) is 2.21. The van der Waals surface area contributed by atoms with Gasteiger partial charge in [-0.3, -0.25) is 0 Å². The molecule has 10 heavy (non-hydrogen) atoms. The van der Waals surface area contributed by atoms with Gasteiger partial charge in [-0.05, 0) is 27.7 Å². The van der Waals surface area contributed by atoms with Gasteiger partial charge in [0.2, 0.25) is 0 Å². The summed E-state index contributed by atoms with van der Waals surface area (Å²) in [5, 5.41) is 16.2. The molecule has 0 aliphatic carbocycles. The molecular formula is C7H13N3. The minimum Gasteiger partial charge on any atom is -0.196 e. The van der Waals surface area contributed by atoms with Crippen molar-refractivity contribution in [2.75, 3.05) is 0 Å². The summed E-state index contributed by atoms with van der Waals surface area (Å²) in [4.78, 5) is 0. The summed E-state index contributed by atoms with van der Waals surface area (Å²) in [6.45, 7) is 7.33. The quantitative estimate of drug-likeness (QED) is 0.541. The minimum atomic E-state index is -0.662. The molecule has 0 atom stereocenters. The molecular weight excluding hydrogens is 126 g/mol. The molecule has 0 bridgehead atoms. The van der Waals surface area contributed by atoms with E-state index in [1.54, 1.807) is 13.8 Å². The Morgan fingerprint density at radius 3 is 2.20 bits per heavy atom. The van der Waals surface area contributed by atoms with Gasteiger partial charge in [0.15, 0.2) is 5.54 Å². The fraction of sp³-hybridized carbons (Fsp3) is 0.857. The van der Waals surface area contributed by atoms with Crippen molar-refractivity contribution in [2.24, 2.45) is 10.2 Å². The van der Waals surface area contributed by atoms with Crippen molar-refractivity contribution in [1.82, 2.24) is 0 Å². The second kappa shape index (κ2) is 3.31. The van der Waals surface area contributed by atoms with Crippen LogP contribution in [0.15, 0.2) is 10.2 Å². The SMILES string of the molecule is CC(C)N=NC(C)(C)C#N. The van der Waals surface area contributed by atoms with Crippen LogP contribution in [0.3, 0.4) is 0 Å². The highest BCUT2D eigenvalue weighted by Crippen LogP contribution is 2.07. The van der Waals surface area contributed by atoms with E-state index in [0.717, 1.165) is 0 Å². The summed E-state index contributed by atoms with van der Waals surface area (Å²) in [5.41, 5.74) is -0.662. The largest absolute Gasteiger partial charge is 0.196 e. The number of hydrogen-bond acceptors (Lipinski definition) is 3. The van der Waals surface area contributed by atoms with Crippen LogP contribution in [-0.2, 0) is 0 Å². The normalized spacial score (nSPS) is 12.4. The van der Waals surface area contributed by atoms with Gasteiger partial charge in [-0.25, -0.2) is 0 Å². The lowest BCUT2D eigenvalue weighted by atomic mass is 10.1. The number of nitriles is 1. The smallest absolute Gasteiger partial charge is 0.161 e. The van der Waals surface area contributed by atoms with Gasteiger partial charge in [-0.1, -0.05) is 0 Å². The van der Waals surface area contributed by atoms with E-state index in [1.165, 1.54) is 0 Å². The summed E-state index contributed by atoms with van der Waals surface area (Å²) in [5.74, 6) is 0. The molecule has 0 fully saturated rings. The Hall–Kier alpha value is -0.910. The molecule has 0 aliphatic heterocycles. The first-order chi connectivity index (χ1) is 4.48. The van der Waals surface area contributed by atoms with E-state index in [2.05, 4.69) is 10.2 Å². The van der Waals surface area contributed by atoms with E-state index in [1.807, 2.05) is 19.9 Å². The van der Waals surface area contributed by atoms with Crippen molar-refractivity contribution in [2.45, 2.75) is 39.3 Å². The Balaban J connectivity index is 4.03. The van der Waals surface area contributed by atoms with Crippen LogP contribution < -0.4 is 0 Å². The van der Waals surface area contributed by atoms with Crippen LogP contribution in [0.25, 0.3) is 0 Å². The second-order valence-corrected chi connectivity index (χ2v) is 2.98. The zero-order chi connectivity index (χ0) is 8.20. The molecule has 3 heteroatoms. The molecule has 0 aliphatic rings. The predicted molar refractivity (Wildman–Crippen MR) is 39.7 cm³/mol. The number of azo groups is 1. The van der Waals surface area contributed by atoms with E-state index in [9.17, 15) is 0 Å². The van der Waals surface area contributed by atoms with E-state index >= 15 is 0 Å². The molecule has 0 aromatic rings. The fourth-order valence-electron chi connectivity index (χ4n) is 0.282. The number of nitrogens with zero attached hydrogens (tertiary/aromatic N) is 3. The molecule has 0 spiro atoms. The van der Waals surface area contributed by atoms with E-state index in [4.69, 9.17) is 5.26 Å². The molecule has 56 valence electrons. The molecule has 0 saturated heterocycles. The highest BCUT2D eigenvalue weighted by atomic mass is 15.2. The van der Waals surface area contributed by atoms with Crippen LogP contribution in [-0.4, -0.2) is 11.6 Å². The molecule has 0 heterocycles. The molecule has 0 N–H and O–H groups in total. The van der Waals surface area contributed by atoms with Crippen LogP contribution in [0.2, 0.25) is 0 Å². The van der Waals surface area contributed by atoms with Crippen molar-refractivity contribution in [1.29, 1.82) is 5.26 Å². The Morgan fingerprint density at radius 1 is 1.40 bits per heavy atom. The van der Waals surface area contributed by atoms with Crippen molar-refractivity contribution in [3.8, 4) is 6.07 Å². The van der Waals surface area contributed by atoms with Crippen LogP contribution >= 0.6 is 0 Å². The van der Waals surface area contributed by atoms with Crippen molar-refractivity contribution in [3.05, 3.63) is 0 Å². The molecule has 0 unspecified atom stereocenters. The van der Waals surface area contributed by atoms with Gasteiger partial charge >= 0.3 is 0 Å². The molecule has 3 nitrogen and oxygen atoms in total. The Bertz CT molecular complexity index is 162. The van der Waals surface area contributed by atoms with Gasteiger partial charge in [-0.2, -0.15) is 15.5 Å². The second-order valence-electron chi connectivity index (χ2n) is 2.98. The van der Waals surface area contributed by atoms with Crippen molar-refractivity contribution < 1.29 is 0 Å². The molecule has 0 saturated carbocycles. The van der Waals surface area contributed by atoms with E-state index in [-0.39, 0.29) is 6.04 Å². The Labute approximate surface area is 61.8 Å². The van der Waals surface area contributed by atoms with Crippen molar-refractivity contribution in [3.63, 3.8) is 0 Å².